The van der Waals surface area contributed by atoms with E-state index in [1.807, 2.05) is 19.9 Å². The third kappa shape index (κ3) is 3.05. The smallest absolute Gasteiger partial charge is 0.122 e. The second kappa shape index (κ2) is 5.26. The normalized spacial score (nSPS) is 13.3. The Kier molecular flexibility index (Phi) is 4.00. The van der Waals surface area contributed by atoms with Crippen LogP contribution in [0.1, 0.15) is 19.5 Å². The number of halogens is 1. The molecule has 1 aromatic heterocycles. The minimum absolute atomic E-state index is 0.354. The fourth-order valence-corrected chi connectivity index (χ4v) is 1.20. The standard InChI is InChI=1S/C13H15FN2/c1-4-11(14)7-9(2)10(3)13-6-5-12(15)8-16-13/h4-8H,1,15H2,2-3H3/b10-9+,11-7+. The van der Waals surface area contributed by atoms with E-state index in [1.54, 1.807) is 12.3 Å². The molecule has 0 spiro atoms. The van der Waals surface area contributed by atoms with Gasteiger partial charge in [-0.05, 0) is 49.3 Å². The largest absolute Gasteiger partial charge is 0.397 e. The number of hydrogen-bond acceptors (Lipinski definition) is 2. The van der Waals surface area contributed by atoms with Gasteiger partial charge >= 0.3 is 0 Å². The van der Waals surface area contributed by atoms with E-state index in [0.29, 0.717) is 5.69 Å². The number of anilines is 1. The molecule has 0 saturated heterocycles. The number of nitrogens with zero attached hydrogens (tertiary/aromatic N) is 1. The molecule has 3 heteroatoms. The SMILES string of the molecule is C=C/C(F)=C\C(C)=C(/C)c1ccc(N)cn1. The van der Waals surface area contributed by atoms with Crippen LogP contribution >= 0.6 is 0 Å². The van der Waals surface area contributed by atoms with Crippen molar-refractivity contribution in [2.45, 2.75) is 13.8 Å². The highest BCUT2D eigenvalue weighted by Gasteiger charge is 2.01. The first-order valence-electron chi connectivity index (χ1n) is 4.93. The predicted octanol–water partition coefficient (Wildman–Crippen LogP) is 3.50. The molecule has 0 aliphatic carbocycles. The van der Waals surface area contributed by atoms with E-state index in [0.717, 1.165) is 16.8 Å². The second-order valence-electron chi connectivity index (χ2n) is 3.52. The topological polar surface area (TPSA) is 38.9 Å². The average molecular weight is 218 g/mol. The molecule has 84 valence electrons. The van der Waals surface area contributed by atoms with Crippen molar-refractivity contribution in [1.29, 1.82) is 0 Å². The monoisotopic (exact) mass is 218 g/mol. The molecule has 0 bridgehead atoms. The third-order valence-corrected chi connectivity index (χ3v) is 2.31. The van der Waals surface area contributed by atoms with Gasteiger partial charge in [-0.3, -0.25) is 4.98 Å². The van der Waals surface area contributed by atoms with Gasteiger partial charge in [0.1, 0.15) is 5.83 Å². The van der Waals surface area contributed by atoms with Crippen molar-refractivity contribution in [3.63, 3.8) is 0 Å². The lowest BCUT2D eigenvalue weighted by Crippen LogP contribution is -1.91. The molecule has 0 aliphatic rings. The Labute approximate surface area is 95.0 Å². The molecule has 2 nitrogen and oxygen atoms in total. The Morgan fingerprint density at radius 1 is 1.44 bits per heavy atom. The molecule has 0 aliphatic heterocycles. The number of hydrogen-bond donors (Lipinski definition) is 1. The fourth-order valence-electron chi connectivity index (χ4n) is 1.20. The Morgan fingerprint density at radius 3 is 2.62 bits per heavy atom. The lowest BCUT2D eigenvalue weighted by Gasteiger charge is -2.04. The Balaban J connectivity index is 3.08. The average Bonchev–Trinajstić information content (AvgIpc) is 2.28. The molecule has 0 unspecified atom stereocenters. The van der Waals surface area contributed by atoms with Crippen molar-refractivity contribution in [2.75, 3.05) is 5.73 Å². The van der Waals surface area contributed by atoms with Gasteiger partial charge in [-0.1, -0.05) is 6.58 Å². The van der Waals surface area contributed by atoms with E-state index < -0.39 is 0 Å². The number of allylic oxidation sites excluding steroid dienone is 5. The lowest BCUT2D eigenvalue weighted by molar-refractivity contribution is 0.666. The lowest BCUT2D eigenvalue weighted by atomic mass is 10.1. The molecule has 0 saturated carbocycles. The molecule has 1 aromatic rings. The summed E-state index contributed by atoms with van der Waals surface area (Å²) in [6.45, 7) is 7.08. The number of aromatic nitrogens is 1. The maximum atomic E-state index is 13.0. The summed E-state index contributed by atoms with van der Waals surface area (Å²) < 4.78 is 13.0. The van der Waals surface area contributed by atoms with Crippen LogP contribution in [0.5, 0.6) is 0 Å². The quantitative estimate of drug-likeness (QED) is 0.788. The maximum Gasteiger partial charge on any atom is 0.122 e. The second-order valence-corrected chi connectivity index (χ2v) is 3.52. The minimum Gasteiger partial charge on any atom is -0.397 e. The van der Waals surface area contributed by atoms with E-state index >= 15 is 0 Å². The summed E-state index contributed by atoms with van der Waals surface area (Å²) in [5.41, 5.74) is 8.67. The molecule has 1 rings (SSSR count). The van der Waals surface area contributed by atoms with Crippen molar-refractivity contribution < 1.29 is 4.39 Å². The summed E-state index contributed by atoms with van der Waals surface area (Å²) in [7, 11) is 0. The van der Waals surface area contributed by atoms with Crippen molar-refractivity contribution >= 4 is 11.3 Å². The zero-order valence-electron chi connectivity index (χ0n) is 9.50. The van der Waals surface area contributed by atoms with Gasteiger partial charge < -0.3 is 5.73 Å². The summed E-state index contributed by atoms with van der Waals surface area (Å²) in [6, 6.07) is 3.58. The highest BCUT2D eigenvalue weighted by molar-refractivity contribution is 5.67. The van der Waals surface area contributed by atoms with Crippen molar-refractivity contribution in [3.05, 3.63) is 54.2 Å². The molecular formula is C13H15FN2. The first-order chi connectivity index (χ1) is 7.54. The summed E-state index contributed by atoms with van der Waals surface area (Å²) in [5.74, 6) is -0.354. The van der Waals surface area contributed by atoms with Crippen LogP contribution in [0.3, 0.4) is 0 Å². The first-order valence-corrected chi connectivity index (χ1v) is 4.93. The van der Waals surface area contributed by atoms with E-state index in [2.05, 4.69) is 11.6 Å². The molecule has 0 atom stereocenters. The fraction of sp³-hybridized carbons (Fsp3) is 0.154. The van der Waals surface area contributed by atoms with Gasteiger partial charge in [0.2, 0.25) is 0 Å². The maximum absolute atomic E-state index is 13.0. The van der Waals surface area contributed by atoms with Crippen LogP contribution in [0.15, 0.2) is 48.5 Å². The highest BCUT2D eigenvalue weighted by Crippen LogP contribution is 2.19. The van der Waals surface area contributed by atoms with Crippen LogP contribution in [-0.4, -0.2) is 4.98 Å². The third-order valence-electron chi connectivity index (χ3n) is 2.31. The van der Waals surface area contributed by atoms with Gasteiger partial charge in [-0.25, -0.2) is 4.39 Å². The van der Waals surface area contributed by atoms with E-state index in [-0.39, 0.29) is 5.83 Å². The van der Waals surface area contributed by atoms with Gasteiger partial charge in [0.25, 0.3) is 0 Å². The highest BCUT2D eigenvalue weighted by atomic mass is 19.1. The van der Waals surface area contributed by atoms with Gasteiger partial charge in [0.15, 0.2) is 0 Å². The molecule has 0 aromatic carbocycles. The van der Waals surface area contributed by atoms with Crippen LogP contribution in [0.2, 0.25) is 0 Å². The molecular weight excluding hydrogens is 203 g/mol. The molecule has 16 heavy (non-hydrogen) atoms. The number of nitrogens with two attached hydrogens (primary N) is 1. The molecule has 1 heterocycles. The zero-order chi connectivity index (χ0) is 12.1. The van der Waals surface area contributed by atoms with Crippen LogP contribution in [0, 0.1) is 0 Å². The van der Waals surface area contributed by atoms with Crippen molar-refractivity contribution in [3.8, 4) is 0 Å². The molecule has 0 amide bonds. The van der Waals surface area contributed by atoms with Crippen LogP contribution in [0.4, 0.5) is 10.1 Å². The Hall–Kier alpha value is -1.90. The molecule has 2 N–H and O–H groups in total. The number of pyridine rings is 1. The van der Waals surface area contributed by atoms with Gasteiger partial charge in [0, 0.05) is 0 Å². The van der Waals surface area contributed by atoms with Crippen LogP contribution < -0.4 is 5.73 Å². The van der Waals surface area contributed by atoms with Crippen molar-refractivity contribution in [1.82, 2.24) is 4.98 Å². The number of nitrogen functional groups attached to an aromatic ring is 1. The molecule has 0 radical (unpaired) electrons. The van der Waals surface area contributed by atoms with Crippen LogP contribution in [-0.2, 0) is 0 Å². The zero-order valence-corrected chi connectivity index (χ0v) is 9.50. The van der Waals surface area contributed by atoms with Gasteiger partial charge in [0.05, 0.1) is 17.6 Å². The minimum atomic E-state index is -0.354. The molecule has 0 fully saturated rings. The summed E-state index contributed by atoms with van der Waals surface area (Å²) >= 11 is 0. The predicted molar refractivity (Wildman–Crippen MR) is 66.3 cm³/mol. The van der Waals surface area contributed by atoms with E-state index in [4.69, 9.17) is 5.73 Å². The van der Waals surface area contributed by atoms with Crippen LogP contribution in [0.25, 0.3) is 5.57 Å². The first kappa shape index (κ1) is 12.2. The Bertz CT molecular complexity index is 442. The Morgan fingerprint density at radius 2 is 2.12 bits per heavy atom. The summed E-state index contributed by atoms with van der Waals surface area (Å²) in [6.07, 6.45) is 4.19. The van der Waals surface area contributed by atoms with Crippen molar-refractivity contribution in [2.24, 2.45) is 0 Å². The number of rotatable bonds is 3. The summed E-state index contributed by atoms with van der Waals surface area (Å²) in [4.78, 5) is 4.17. The summed E-state index contributed by atoms with van der Waals surface area (Å²) in [5, 5.41) is 0. The van der Waals surface area contributed by atoms with Gasteiger partial charge in [-0.2, -0.15) is 0 Å². The van der Waals surface area contributed by atoms with E-state index in [1.165, 1.54) is 12.2 Å². The van der Waals surface area contributed by atoms with E-state index in [9.17, 15) is 4.39 Å². The van der Waals surface area contributed by atoms with Gasteiger partial charge in [-0.15, -0.1) is 0 Å².